The molecule has 0 amide bonds. The summed E-state index contributed by atoms with van der Waals surface area (Å²) in [5.41, 5.74) is 4.16. The number of para-hydroxylation sites is 1. The highest BCUT2D eigenvalue weighted by Gasteiger charge is 2.26. The molecule has 1 heterocycles. The molecule has 0 aliphatic carbocycles. The summed E-state index contributed by atoms with van der Waals surface area (Å²) in [6, 6.07) is 24.6. The molecular weight excluding hydrogens is 254 g/mol. The molecule has 0 fully saturated rings. The van der Waals surface area contributed by atoms with E-state index in [9.17, 15) is 0 Å². The van der Waals surface area contributed by atoms with Crippen molar-refractivity contribution in [3.8, 4) is 0 Å². The number of hydrogen-bond donors (Lipinski definition) is 1. The number of rotatable bonds is 1. The Balaban J connectivity index is 1.93. The predicted molar refractivity (Wildman–Crippen MR) is 89.9 cm³/mol. The van der Waals surface area contributed by atoms with Gasteiger partial charge in [0.05, 0.1) is 0 Å². The van der Waals surface area contributed by atoms with E-state index < -0.39 is 0 Å². The molecule has 1 N–H and O–H groups in total. The molecule has 2 unspecified atom stereocenters. The lowest BCUT2D eigenvalue weighted by Gasteiger charge is -2.32. The zero-order chi connectivity index (χ0) is 14.2. The summed E-state index contributed by atoms with van der Waals surface area (Å²) in [6.07, 6.45) is 1.14. The molecular formula is C20H19N. The van der Waals surface area contributed by atoms with Crippen molar-refractivity contribution in [1.29, 1.82) is 0 Å². The minimum absolute atomic E-state index is 0.476. The van der Waals surface area contributed by atoms with Crippen LogP contribution in [-0.2, 0) is 0 Å². The maximum Gasteiger partial charge on any atom is 0.0381 e. The van der Waals surface area contributed by atoms with Gasteiger partial charge in [-0.1, -0.05) is 60.7 Å². The Bertz CT molecular complexity index is 785. The van der Waals surface area contributed by atoms with Gasteiger partial charge in [-0.3, -0.25) is 0 Å². The smallest absolute Gasteiger partial charge is 0.0381 e. The second-order valence-corrected chi connectivity index (χ2v) is 5.99. The van der Waals surface area contributed by atoms with Crippen LogP contribution in [-0.4, -0.2) is 6.04 Å². The van der Waals surface area contributed by atoms with Crippen LogP contribution >= 0.6 is 0 Å². The Hall–Kier alpha value is -2.28. The van der Waals surface area contributed by atoms with Crippen LogP contribution in [0, 0.1) is 0 Å². The summed E-state index contributed by atoms with van der Waals surface area (Å²) in [7, 11) is 0. The molecule has 4 rings (SSSR count). The fraction of sp³-hybridized carbons (Fsp3) is 0.200. The van der Waals surface area contributed by atoms with E-state index in [-0.39, 0.29) is 0 Å². The molecule has 0 saturated heterocycles. The van der Waals surface area contributed by atoms with E-state index in [1.54, 1.807) is 0 Å². The van der Waals surface area contributed by atoms with E-state index in [1.165, 1.54) is 27.6 Å². The van der Waals surface area contributed by atoms with Crippen LogP contribution in [0.15, 0.2) is 66.7 Å². The van der Waals surface area contributed by atoms with E-state index in [4.69, 9.17) is 0 Å². The van der Waals surface area contributed by atoms with Crippen molar-refractivity contribution in [3.63, 3.8) is 0 Å². The highest BCUT2D eigenvalue weighted by molar-refractivity contribution is 5.87. The minimum atomic E-state index is 0.476. The third kappa shape index (κ3) is 2.09. The molecule has 0 bridgehead atoms. The van der Waals surface area contributed by atoms with Gasteiger partial charge in [0.1, 0.15) is 0 Å². The van der Waals surface area contributed by atoms with E-state index in [1.807, 2.05) is 0 Å². The summed E-state index contributed by atoms with van der Waals surface area (Å²) >= 11 is 0. The summed E-state index contributed by atoms with van der Waals surface area (Å²) in [4.78, 5) is 0. The lowest BCUT2D eigenvalue weighted by molar-refractivity contribution is 0.617. The van der Waals surface area contributed by atoms with Gasteiger partial charge in [-0.2, -0.15) is 0 Å². The van der Waals surface area contributed by atoms with Crippen LogP contribution in [0.3, 0.4) is 0 Å². The maximum atomic E-state index is 3.61. The van der Waals surface area contributed by atoms with Crippen molar-refractivity contribution in [2.75, 3.05) is 5.32 Å². The van der Waals surface area contributed by atoms with Crippen LogP contribution in [0.5, 0.6) is 0 Å². The van der Waals surface area contributed by atoms with Gasteiger partial charge in [-0.25, -0.2) is 0 Å². The van der Waals surface area contributed by atoms with Gasteiger partial charge in [0.2, 0.25) is 0 Å². The molecule has 0 aromatic heterocycles. The molecule has 1 heteroatoms. The van der Waals surface area contributed by atoms with Crippen LogP contribution in [0.2, 0.25) is 0 Å². The topological polar surface area (TPSA) is 12.0 Å². The van der Waals surface area contributed by atoms with Gasteiger partial charge < -0.3 is 5.32 Å². The van der Waals surface area contributed by atoms with Crippen molar-refractivity contribution in [2.24, 2.45) is 0 Å². The predicted octanol–water partition coefficient (Wildman–Crippen LogP) is 5.18. The van der Waals surface area contributed by atoms with Crippen molar-refractivity contribution in [1.82, 2.24) is 0 Å². The molecule has 0 radical (unpaired) electrons. The van der Waals surface area contributed by atoms with Gasteiger partial charge in [-0.15, -0.1) is 0 Å². The zero-order valence-electron chi connectivity index (χ0n) is 12.2. The summed E-state index contributed by atoms with van der Waals surface area (Å²) < 4.78 is 0. The van der Waals surface area contributed by atoms with Crippen molar-refractivity contribution >= 4 is 16.5 Å². The van der Waals surface area contributed by atoms with E-state index in [0.717, 1.165) is 6.42 Å². The second-order valence-electron chi connectivity index (χ2n) is 5.99. The van der Waals surface area contributed by atoms with E-state index in [2.05, 4.69) is 79.0 Å². The lowest BCUT2D eigenvalue weighted by Crippen LogP contribution is -2.25. The van der Waals surface area contributed by atoms with Crippen LogP contribution in [0.25, 0.3) is 10.8 Å². The number of hydrogen-bond acceptors (Lipinski definition) is 1. The molecule has 0 saturated carbocycles. The zero-order valence-corrected chi connectivity index (χ0v) is 12.2. The van der Waals surface area contributed by atoms with Gasteiger partial charge >= 0.3 is 0 Å². The van der Waals surface area contributed by atoms with Gasteiger partial charge in [0.15, 0.2) is 0 Å². The number of anilines is 1. The SMILES string of the molecule is CC1CC(c2cccc3ccccc23)c2ccccc2N1. The van der Waals surface area contributed by atoms with Crippen LogP contribution in [0.1, 0.15) is 30.4 Å². The number of fused-ring (bicyclic) bond motifs is 2. The fourth-order valence-electron chi connectivity index (χ4n) is 3.59. The first kappa shape index (κ1) is 12.5. The molecule has 104 valence electrons. The third-order valence-corrected chi connectivity index (χ3v) is 4.53. The Morgan fingerprint density at radius 1 is 0.810 bits per heavy atom. The third-order valence-electron chi connectivity index (χ3n) is 4.53. The van der Waals surface area contributed by atoms with Gasteiger partial charge in [0.25, 0.3) is 0 Å². The highest BCUT2D eigenvalue weighted by atomic mass is 14.9. The van der Waals surface area contributed by atoms with Gasteiger partial charge in [0, 0.05) is 17.6 Å². The van der Waals surface area contributed by atoms with E-state index >= 15 is 0 Å². The first-order valence-electron chi connectivity index (χ1n) is 7.66. The van der Waals surface area contributed by atoms with Crippen LogP contribution in [0.4, 0.5) is 5.69 Å². The average molecular weight is 273 g/mol. The molecule has 0 spiro atoms. The molecule has 21 heavy (non-hydrogen) atoms. The summed E-state index contributed by atoms with van der Waals surface area (Å²) in [6.45, 7) is 2.27. The first-order valence-corrected chi connectivity index (χ1v) is 7.66. The molecule has 2 atom stereocenters. The average Bonchev–Trinajstić information content (AvgIpc) is 2.53. The number of nitrogens with one attached hydrogen (secondary N) is 1. The first-order chi connectivity index (χ1) is 10.3. The lowest BCUT2D eigenvalue weighted by atomic mass is 9.80. The molecule has 1 nitrogen and oxygen atoms in total. The fourth-order valence-corrected chi connectivity index (χ4v) is 3.59. The largest absolute Gasteiger partial charge is 0.382 e. The Labute approximate surface area is 125 Å². The second kappa shape index (κ2) is 4.92. The van der Waals surface area contributed by atoms with E-state index in [0.29, 0.717) is 12.0 Å². The molecule has 1 aliphatic rings. The maximum absolute atomic E-state index is 3.61. The Morgan fingerprint density at radius 3 is 2.48 bits per heavy atom. The van der Waals surface area contributed by atoms with Crippen molar-refractivity contribution < 1.29 is 0 Å². The van der Waals surface area contributed by atoms with Crippen LogP contribution < -0.4 is 5.32 Å². The summed E-state index contributed by atoms with van der Waals surface area (Å²) in [5, 5.41) is 6.32. The quantitative estimate of drug-likeness (QED) is 0.644. The highest BCUT2D eigenvalue weighted by Crippen LogP contribution is 2.40. The van der Waals surface area contributed by atoms with Gasteiger partial charge in [-0.05, 0) is 41.3 Å². The normalized spacial score (nSPS) is 20.8. The number of benzene rings is 3. The Morgan fingerprint density at radius 2 is 1.52 bits per heavy atom. The Kier molecular flexibility index (Phi) is 2.92. The van der Waals surface area contributed by atoms with Crippen molar-refractivity contribution in [3.05, 3.63) is 77.9 Å². The molecule has 3 aromatic carbocycles. The summed E-state index contributed by atoms with van der Waals surface area (Å²) in [5.74, 6) is 0.476. The monoisotopic (exact) mass is 273 g/mol. The van der Waals surface area contributed by atoms with Crippen molar-refractivity contribution in [2.45, 2.75) is 25.3 Å². The molecule has 1 aliphatic heterocycles. The standard InChI is InChI=1S/C20H19N/c1-14-13-19(18-10-4-5-12-20(18)21-14)17-11-6-8-15-7-2-3-9-16(15)17/h2-12,14,19,21H,13H2,1H3. The molecule has 3 aromatic rings. The minimum Gasteiger partial charge on any atom is -0.382 e.